The molecule has 0 bridgehead atoms. The zero-order valence-electron chi connectivity index (χ0n) is 15.2. The molecule has 0 aliphatic carbocycles. The van der Waals surface area contributed by atoms with Crippen molar-refractivity contribution in [3.63, 3.8) is 0 Å². The Hall–Kier alpha value is -1.13. The Morgan fingerprint density at radius 2 is 2.15 bits per heavy atom. The van der Waals surface area contributed by atoms with Gasteiger partial charge in [0.1, 0.15) is 11.6 Å². The minimum absolute atomic E-state index is 0. The molecule has 26 heavy (non-hydrogen) atoms. The zero-order valence-corrected chi connectivity index (χ0v) is 19.1. The molecule has 2 heterocycles. The van der Waals surface area contributed by atoms with Crippen molar-refractivity contribution < 1.29 is 4.74 Å². The second-order valence-electron chi connectivity index (χ2n) is 5.33. The Morgan fingerprint density at radius 3 is 2.81 bits per heavy atom. The lowest BCUT2D eigenvalue weighted by atomic mass is 10.4. The summed E-state index contributed by atoms with van der Waals surface area (Å²) in [5, 5.41) is 8.10. The molecule has 0 amide bonds. The number of pyridine rings is 1. The molecule has 0 aliphatic heterocycles. The summed E-state index contributed by atoms with van der Waals surface area (Å²) in [4.78, 5) is 14.5. The van der Waals surface area contributed by atoms with Gasteiger partial charge in [-0.2, -0.15) is 0 Å². The third-order valence-corrected chi connectivity index (χ3v) is 4.79. The normalized spacial score (nSPS) is 11.0. The van der Waals surface area contributed by atoms with Crippen molar-refractivity contribution in [3.05, 3.63) is 38.9 Å². The SMILES string of the molecule is CCNC(=NCCc1nc(C)c(C)s1)NCCOc1ncccc1Cl.I. The number of guanidine groups is 1. The lowest BCUT2D eigenvalue weighted by Crippen LogP contribution is -2.39. The number of aryl methyl sites for hydroxylation is 2. The highest BCUT2D eigenvalue weighted by Crippen LogP contribution is 2.19. The Labute approximate surface area is 180 Å². The lowest BCUT2D eigenvalue weighted by Gasteiger charge is -2.12. The number of rotatable bonds is 8. The fourth-order valence-corrected chi connectivity index (χ4v) is 3.14. The summed E-state index contributed by atoms with van der Waals surface area (Å²) in [7, 11) is 0. The average molecular weight is 510 g/mol. The van der Waals surface area contributed by atoms with Crippen molar-refractivity contribution in [2.75, 3.05) is 26.2 Å². The minimum Gasteiger partial charge on any atom is -0.475 e. The van der Waals surface area contributed by atoms with Gasteiger partial charge >= 0.3 is 0 Å². The maximum absolute atomic E-state index is 6.01. The summed E-state index contributed by atoms with van der Waals surface area (Å²) in [6, 6.07) is 3.53. The topological polar surface area (TPSA) is 71.4 Å². The van der Waals surface area contributed by atoms with Crippen LogP contribution in [0.25, 0.3) is 0 Å². The number of nitrogens with one attached hydrogen (secondary N) is 2. The number of aliphatic imine (C=N–C) groups is 1. The van der Waals surface area contributed by atoms with Crippen molar-refractivity contribution >= 4 is 52.9 Å². The van der Waals surface area contributed by atoms with E-state index in [0.29, 0.717) is 30.6 Å². The fourth-order valence-electron chi connectivity index (χ4n) is 2.05. The van der Waals surface area contributed by atoms with Crippen LogP contribution in [0, 0.1) is 13.8 Å². The van der Waals surface area contributed by atoms with Gasteiger partial charge in [0.05, 0.1) is 17.2 Å². The number of halogens is 2. The number of hydrogen-bond donors (Lipinski definition) is 2. The summed E-state index contributed by atoms with van der Waals surface area (Å²) in [5.41, 5.74) is 1.11. The Balaban J connectivity index is 0.00000338. The number of nitrogens with zero attached hydrogens (tertiary/aromatic N) is 3. The van der Waals surface area contributed by atoms with Crippen LogP contribution in [0.1, 0.15) is 22.5 Å². The van der Waals surface area contributed by atoms with E-state index in [4.69, 9.17) is 16.3 Å². The van der Waals surface area contributed by atoms with Gasteiger partial charge in [-0.25, -0.2) is 9.97 Å². The predicted octanol–water partition coefficient (Wildman–Crippen LogP) is 3.60. The maximum atomic E-state index is 6.01. The summed E-state index contributed by atoms with van der Waals surface area (Å²) >= 11 is 7.75. The van der Waals surface area contributed by atoms with Crippen LogP contribution in [-0.4, -0.2) is 42.2 Å². The first-order valence-electron chi connectivity index (χ1n) is 8.28. The number of ether oxygens (including phenoxy) is 1. The van der Waals surface area contributed by atoms with Gasteiger partial charge in [-0.05, 0) is 32.9 Å². The standard InChI is InChI=1S/C17H24ClN5OS.HI/c1-4-19-17(21-9-7-15-23-12(2)13(3)25-15)22-10-11-24-16-14(18)6-5-8-20-16;/h5-6,8H,4,7,9-11H2,1-3H3,(H2,19,21,22);1H. The Bertz CT molecular complexity index is 691. The number of thiazole rings is 1. The Morgan fingerprint density at radius 1 is 1.35 bits per heavy atom. The summed E-state index contributed by atoms with van der Waals surface area (Å²) in [6.45, 7) is 8.72. The molecule has 0 saturated carbocycles. The lowest BCUT2D eigenvalue weighted by molar-refractivity contribution is 0.310. The van der Waals surface area contributed by atoms with E-state index in [1.54, 1.807) is 29.7 Å². The van der Waals surface area contributed by atoms with E-state index in [9.17, 15) is 0 Å². The van der Waals surface area contributed by atoms with Crippen molar-refractivity contribution in [2.24, 2.45) is 4.99 Å². The maximum Gasteiger partial charge on any atom is 0.232 e. The molecule has 0 unspecified atom stereocenters. The molecule has 0 aromatic carbocycles. The van der Waals surface area contributed by atoms with E-state index >= 15 is 0 Å². The predicted molar refractivity (Wildman–Crippen MR) is 119 cm³/mol. The van der Waals surface area contributed by atoms with Crippen LogP contribution in [0.15, 0.2) is 23.3 Å². The molecule has 144 valence electrons. The van der Waals surface area contributed by atoms with E-state index in [0.717, 1.165) is 29.6 Å². The molecule has 9 heteroatoms. The highest BCUT2D eigenvalue weighted by atomic mass is 127. The third kappa shape index (κ3) is 7.63. The largest absolute Gasteiger partial charge is 0.475 e. The highest BCUT2D eigenvalue weighted by molar-refractivity contribution is 14.0. The second kappa shape index (κ2) is 12.3. The molecule has 0 atom stereocenters. The van der Waals surface area contributed by atoms with Crippen LogP contribution in [0.4, 0.5) is 0 Å². The van der Waals surface area contributed by atoms with E-state index in [1.165, 1.54) is 4.88 Å². The molecule has 0 saturated heterocycles. The van der Waals surface area contributed by atoms with Crippen molar-refractivity contribution in [3.8, 4) is 5.88 Å². The van der Waals surface area contributed by atoms with Gasteiger partial charge in [0.25, 0.3) is 0 Å². The third-order valence-electron chi connectivity index (χ3n) is 3.37. The van der Waals surface area contributed by atoms with Crippen LogP contribution >= 0.6 is 46.9 Å². The molecule has 2 aromatic rings. The first-order valence-corrected chi connectivity index (χ1v) is 9.48. The van der Waals surface area contributed by atoms with Crippen molar-refractivity contribution in [1.29, 1.82) is 0 Å². The van der Waals surface area contributed by atoms with Crippen LogP contribution < -0.4 is 15.4 Å². The molecular formula is C17H25ClIN5OS. The minimum atomic E-state index is 0. The van der Waals surface area contributed by atoms with Crippen LogP contribution in [0.5, 0.6) is 5.88 Å². The van der Waals surface area contributed by atoms with Crippen molar-refractivity contribution in [1.82, 2.24) is 20.6 Å². The molecule has 0 aliphatic rings. The molecular weight excluding hydrogens is 485 g/mol. The molecule has 2 rings (SSSR count). The van der Waals surface area contributed by atoms with E-state index < -0.39 is 0 Å². The first kappa shape index (κ1) is 22.9. The second-order valence-corrected chi connectivity index (χ2v) is 7.02. The number of aromatic nitrogens is 2. The number of hydrogen-bond acceptors (Lipinski definition) is 5. The zero-order chi connectivity index (χ0) is 18.1. The van der Waals surface area contributed by atoms with Crippen molar-refractivity contribution in [2.45, 2.75) is 27.2 Å². The summed E-state index contributed by atoms with van der Waals surface area (Å²) in [6.07, 6.45) is 2.50. The molecule has 2 aromatic heterocycles. The Kier molecular flexibility index (Phi) is 10.8. The highest BCUT2D eigenvalue weighted by Gasteiger charge is 2.04. The van der Waals surface area contributed by atoms with Gasteiger partial charge in [0.2, 0.25) is 5.88 Å². The van der Waals surface area contributed by atoms with Crippen LogP contribution in [0.2, 0.25) is 5.02 Å². The van der Waals surface area contributed by atoms with Gasteiger partial charge < -0.3 is 15.4 Å². The molecule has 0 fully saturated rings. The molecule has 6 nitrogen and oxygen atoms in total. The quantitative estimate of drug-likeness (QED) is 0.246. The van der Waals surface area contributed by atoms with Crippen LogP contribution in [0.3, 0.4) is 0 Å². The van der Waals surface area contributed by atoms with Gasteiger partial charge in [0, 0.05) is 30.6 Å². The monoisotopic (exact) mass is 509 g/mol. The van der Waals surface area contributed by atoms with E-state index in [1.807, 2.05) is 13.8 Å². The van der Waals surface area contributed by atoms with Crippen LogP contribution in [-0.2, 0) is 6.42 Å². The molecule has 0 radical (unpaired) electrons. The summed E-state index contributed by atoms with van der Waals surface area (Å²) in [5.74, 6) is 1.21. The van der Waals surface area contributed by atoms with Gasteiger partial charge in [0.15, 0.2) is 5.96 Å². The first-order chi connectivity index (χ1) is 12.1. The molecule has 2 N–H and O–H groups in total. The van der Waals surface area contributed by atoms with Gasteiger partial charge in [-0.15, -0.1) is 35.3 Å². The van der Waals surface area contributed by atoms with E-state index in [-0.39, 0.29) is 24.0 Å². The summed E-state index contributed by atoms with van der Waals surface area (Å²) < 4.78 is 5.56. The van der Waals surface area contributed by atoms with E-state index in [2.05, 4.69) is 32.5 Å². The smallest absolute Gasteiger partial charge is 0.232 e. The fraction of sp³-hybridized carbons (Fsp3) is 0.471. The average Bonchev–Trinajstić information content (AvgIpc) is 2.91. The van der Waals surface area contributed by atoms with Gasteiger partial charge in [-0.3, -0.25) is 4.99 Å². The van der Waals surface area contributed by atoms with Gasteiger partial charge in [-0.1, -0.05) is 11.6 Å². The molecule has 0 spiro atoms.